The van der Waals surface area contributed by atoms with E-state index < -0.39 is 0 Å². The lowest BCUT2D eigenvalue weighted by Gasteiger charge is -2.04. The van der Waals surface area contributed by atoms with E-state index in [1.54, 1.807) is 24.3 Å². The zero-order valence-corrected chi connectivity index (χ0v) is 8.19. The minimum atomic E-state index is 0.0354. The maximum Gasteiger partial charge on any atom is 0.133 e. The van der Waals surface area contributed by atoms with Crippen molar-refractivity contribution in [3.8, 4) is 5.75 Å². The Kier molecular flexibility index (Phi) is 4.13. The van der Waals surface area contributed by atoms with Crippen LogP contribution in [0.25, 0.3) is 0 Å². The van der Waals surface area contributed by atoms with E-state index in [4.69, 9.17) is 9.84 Å². The predicted octanol–water partition coefficient (Wildman–Crippen LogP) is 1.54. The first kappa shape index (κ1) is 10.7. The Morgan fingerprint density at radius 1 is 1.36 bits per heavy atom. The molecule has 0 fully saturated rings. The second-order valence-electron chi connectivity index (χ2n) is 3.10. The van der Waals surface area contributed by atoms with Crippen LogP contribution in [0.4, 0.5) is 0 Å². The Morgan fingerprint density at radius 2 is 2.00 bits per heavy atom. The summed E-state index contributed by atoms with van der Waals surface area (Å²) in [5.41, 5.74) is 0.851. The summed E-state index contributed by atoms with van der Waals surface area (Å²) in [7, 11) is 0. The van der Waals surface area contributed by atoms with Crippen LogP contribution in [0.1, 0.15) is 18.9 Å². The molecule has 1 aromatic carbocycles. The molecule has 1 rings (SSSR count). The summed E-state index contributed by atoms with van der Waals surface area (Å²) in [6.07, 6.45) is 0.432. The predicted molar refractivity (Wildman–Crippen MR) is 53.2 cm³/mol. The molecule has 0 heterocycles. The molecule has 0 aliphatic heterocycles. The van der Waals surface area contributed by atoms with Crippen molar-refractivity contribution in [3.63, 3.8) is 0 Å². The summed E-state index contributed by atoms with van der Waals surface area (Å²) in [6.45, 7) is 1.99. The number of hydrogen-bond donors (Lipinski definition) is 1. The molecule has 0 amide bonds. The van der Waals surface area contributed by atoms with E-state index in [0.29, 0.717) is 13.0 Å². The highest BCUT2D eigenvalue weighted by Gasteiger charge is 1.96. The number of Topliss-reactive ketones (excluding diaryl/α,β-unsaturated/α-hetero) is 1. The van der Waals surface area contributed by atoms with Crippen molar-refractivity contribution >= 4 is 5.78 Å². The Balaban J connectivity index is 2.40. The number of ketones is 1. The lowest BCUT2D eigenvalue weighted by molar-refractivity contribution is -0.117. The van der Waals surface area contributed by atoms with E-state index in [0.717, 1.165) is 11.3 Å². The Hall–Kier alpha value is -1.35. The minimum absolute atomic E-state index is 0.0354. The fraction of sp³-hybridized carbons (Fsp3) is 0.364. The smallest absolute Gasteiger partial charge is 0.133 e. The number of benzene rings is 1. The zero-order chi connectivity index (χ0) is 10.4. The second-order valence-corrected chi connectivity index (χ2v) is 3.10. The number of hydrogen-bond acceptors (Lipinski definition) is 3. The molecule has 0 saturated carbocycles. The van der Waals surface area contributed by atoms with Gasteiger partial charge in [0.2, 0.25) is 0 Å². The topological polar surface area (TPSA) is 46.5 Å². The molecule has 14 heavy (non-hydrogen) atoms. The average molecular weight is 194 g/mol. The molecule has 1 aromatic rings. The standard InChI is InChI=1S/C11H14O3/c1-9(13)6-7-14-11-4-2-10(8-12)3-5-11/h2-5,12H,6-8H2,1H3. The minimum Gasteiger partial charge on any atom is -0.493 e. The summed E-state index contributed by atoms with van der Waals surface area (Å²) >= 11 is 0. The molecule has 0 spiro atoms. The Labute approximate surface area is 83.3 Å². The maximum absolute atomic E-state index is 10.6. The van der Waals surface area contributed by atoms with Crippen molar-refractivity contribution < 1.29 is 14.6 Å². The maximum atomic E-state index is 10.6. The number of rotatable bonds is 5. The molecule has 0 aliphatic carbocycles. The normalized spacial score (nSPS) is 9.86. The van der Waals surface area contributed by atoms with E-state index in [-0.39, 0.29) is 12.4 Å². The van der Waals surface area contributed by atoms with Gasteiger partial charge in [-0.2, -0.15) is 0 Å². The van der Waals surface area contributed by atoms with Gasteiger partial charge < -0.3 is 9.84 Å². The van der Waals surface area contributed by atoms with Gasteiger partial charge in [0, 0.05) is 6.42 Å². The first-order chi connectivity index (χ1) is 6.72. The van der Waals surface area contributed by atoms with E-state index >= 15 is 0 Å². The largest absolute Gasteiger partial charge is 0.493 e. The van der Waals surface area contributed by atoms with Crippen molar-refractivity contribution in [3.05, 3.63) is 29.8 Å². The third-order valence-corrected chi connectivity index (χ3v) is 1.83. The van der Waals surface area contributed by atoms with Gasteiger partial charge in [0.25, 0.3) is 0 Å². The van der Waals surface area contributed by atoms with Crippen molar-refractivity contribution in [2.24, 2.45) is 0 Å². The molecular weight excluding hydrogens is 180 g/mol. The molecule has 3 nitrogen and oxygen atoms in total. The van der Waals surface area contributed by atoms with Crippen LogP contribution in [0.3, 0.4) is 0 Å². The molecule has 0 bridgehead atoms. The Bertz CT molecular complexity index is 290. The first-order valence-corrected chi connectivity index (χ1v) is 4.54. The van der Waals surface area contributed by atoms with E-state index in [9.17, 15) is 4.79 Å². The van der Waals surface area contributed by atoms with Crippen LogP contribution in [0.5, 0.6) is 5.75 Å². The number of aliphatic hydroxyl groups is 1. The summed E-state index contributed by atoms with van der Waals surface area (Å²) in [6, 6.07) is 7.16. The van der Waals surface area contributed by atoms with Crippen LogP contribution in [-0.2, 0) is 11.4 Å². The van der Waals surface area contributed by atoms with Crippen LogP contribution in [-0.4, -0.2) is 17.5 Å². The van der Waals surface area contributed by atoms with Crippen molar-refractivity contribution in [2.45, 2.75) is 20.0 Å². The zero-order valence-electron chi connectivity index (χ0n) is 8.19. The van der Waals surface area contributed by atoms with E-state index in [2.05, 4.69) is 0 Å². The fourth-order valence-corrected chi connectivity index (χ4v) is 1.00. The summed E-state index contributed by atoms with van der Waals surface area (Å²) < 4.78 is 5.31. The molecule has 76 valence electrons. The van der Waals surface area contributed by atoms with E-state index in [1.807, 2.05) is 0 Å². The van der Waals surface area contributed by atoms with Crippen molar-refractivity contribution in [1.29, 1.82) is 0 Å². The first-order valence-electron chi connectivity index (χ1n) is 4.54. The molecule has 0 aliphatic rings. The van der Waals surface area contributed by atoms with Gasteiger partial charge in [-0.25, -0.2) is 0 Å². The number of ether oxygens (including phenoxy) is 1. The highest BCUT2D eigenvalue weighted by atomic mass is 16.5. The highest BCUT2D eigenvalue weighted by Crippen LogP contribution is 2.12. The Morgan fingerprint density at radius 3 is 2.50 bits per heavy atom. The third kappa shape index (κ3) is 3.58. The summed E-state index contributed by atoms with van der Waals surface area (Å²) in [5, 5.41) is 8.79. The number of aliphatic hydroxyl groups excluding tert-OH is 1. The van der Waals surface area contributed by atoms with Crippen LogP contribution in [0.15, 0.2) is 24.3 Å². The fourth-order valence-electron chi connectivity index (χ4n) is 1.00. The third-order valence-electron chi connectivity index (χ3n) is 1.83. The lowest BCUT2D eigenvalue weighted by atomic mass is 10.2. The van der Waals surface area contributed by atoms with Gasteiger partial charge in [0.05, 0.1) is 13.2 Å². The van der Waals surface area contributed by atoms with Gasteiger partial charge in [-0.15, -0.1) is 0 Å². The van der Waals surface area contributed by atoms with E-state index in [1.165, 1.54) is 6.92 Å². The summed E-state index contributed by atoms with van der Waals surface area (Å²) in [5.74, 6) is 0.848. The number of carbonyl (C=O) groups excluding carboxylic acids is 1. The molecule has 0 atom stereocenters. The highest BCUT2D eigenvalue weighted by molar-refractivity contribution is 5.75. The summed E-state index contributed by atoms with van der Waals surface area (Å²) in [4.78, 5) is 10.6. The monoisotopic (exact) mass is 194 g/mol. The second kappa shape index (κ2) is 5.40. The van der Waals surface area contributed by atoms with Crippen LogP contribution < -0.4 is 4.74 Å². The van der Waals surface area contributed by atoms with Crippen LogP contribution in [0, 0.1) is 0 Å². The SMILES string of the molecule is CC(=O)CCOc1ccc(CO)cc1. The quantitative estimate of drug-likeness (QED) is 0.773. The molecule has 0 unspecified atom stereocenters. The van der Waals surface area contributed by atoms with Gasteiger partial charge in [-0.05, 0) is 24.6 Å². The van der Waals surface area contributed by atoms with Crippen LogP contribution >= 0.6 is 0 Å². The molecule has 0 saturated heterocycles. The van der Waals surface area contributed by atoms with Gasteiger partial charge in [0.1, 0.15) is 11.5 Å². The van der Waals surface area contributed by atoms with Crippen LogP contribution in [0.2, 0.25) is 0 Å². The molecule has 3 heteroatoms. The average Bonchev–Trinajstić information content (AvgIpc) is 2.18. The van der Waals surface area contributed by atoms with Gasteiger partial charge >= 0.3 is 0 Å². The molecule has 0 aromatic heterocycles. The van der Waals surface area contributed by atoms with Gasteiger partial charge in [-0.3, -0.25) is 4.79 Å². The van der Waals surface area contributed by atoms with Crippen molar-refractivity contribution in [1.82, 2.24) is 0 Å². The number of carbonyl (C=O) groups is 1. The van der Waals surface area contributed by atoms with Gasteiger partial charge in [0.15, 0.2) is 0 Å². The lowest BCUT2D eigenvalue weighted by Crippen LogP contribution is -2.02. The molecule has 0 radical (unpaired) electrons. The van der Waals surface area contributed by atoms with Gasteiger partial charge in [-0.1, -0.05) is 12.1 Å². The van der Waals surface area contributed by atoms with Crippen molar-refractivity contribution in [2.75, 3.05) is 6.61 Å². The molecular formula is C11H14O3. The molecule has 1 N–H and O–H groups in total.